The lowest BCUT2D eigenvalue weighted by Crippen LogP contribution is -2.59. The van der Waals surface area contributed by atoms with E-state index >= 15 is 0 Å². The van der Waals surface area contributed by atoms with Gasteiger partial charge in [0.2, 0.25) is 0 Å². The summed E-state index contributed by atoms with van der Waals surface area (Å²) in [5.74, 6) is 0. The Morgan fingerprint density at radius 3 is 1.53 bits per heavy atom. The average Bonchev–Trinajstić information content (AvgIpc) is 2.86. The summed E-state index contributed by atoms with van der Waals surface area (Å²) in [6.45, 7) is -0.0521. The van der Waals surface area contributed by atoms with E-state index in [0.29, 0.717) is 0 Å². The molecule has 0 bridgehead atoms. The largest absolute Gasteiger partial charge is 0.387 e. The Kier molecular flexibility index (Phi) is 7.01. The van der Waals surface area contributed by atoms with Gasteiger partial charge in [-0.1, -0.05) is 91.0 Å². The van der Waals surface area contributed by atoms with Crippen molar-refractivity contribution in [3.05, 3.63) is 108 Å². The molecule has 1 heterocycles. The fraction of sp³-hybridized carbons (Fsp3) is 0.308. The highest BCUT2D eigenvalue weighted by Crippen LogP contribution is 2.41. The molecule has 1 unspecified atom stereocenters. The Bertz CT molecular complexity index is 867. The van der Waals surface area contributed by atoms with Gasteiger partial charge >= 0.3 is 0 Å². The van der Waals surface area contributed by atoms with Gasteiger partial charge in [-0.25, -0.2) is 0 Å². The third kappa shape index (κ3) is 4.21. The van der Waals surface area contributed by atoms with Crippen LogP contribution in [0.25, 0.3) is 0 Å². The van der Waals surface area contributed by atoms with Crippen LogP contribution in [0.5, 0.6) is 0 Å². The highest BCUT2D eigenvalue weighted by atomic mass is 16.7. The van der Waals surface area contributed by atoms with Crippen LogP contribution in [0, 0.1) is 0 Å². The van der Waals surface area contributed by atoms with E-state index in [2.05, 4.69) is 0 Å². The van der Waals surface area contributed by atoms with Crippen molar-refractivity contribution in [1.82, 2.24) is 0 Å². The van der Waals surface area contributed by atoms with Gasteiger partial charge < -0.3 is 29.5 Å². The van der Waals surface area contributed by atoms with Gasteiger partial charge in [-0.2, -0.15) is 0 Å². The molecule has 3 aromatic rings. The van der Waals surface area contributed by atoms with E-state index in [9.17, 15) is 15.3 Å². The molecule has 0 aliphatic carbocycles. The summed E-state index contributed by atoms with van der Waals surface area (Å²) in [5.41, 5.74) is 1.74. The maximum Gasteiger partial charge on any atom is 0.186 e. The molecular formula is C26H28O6. The molecule has 0 saturated carbocycles. The topological polar surface area (TPSA) is 88.4 Å². The van der Waals surface area contributed by atoms with Gasteiger partial charge in [0, 0.05) is 7.11 Å². The lowest BCUT2D eigenvalue weighted by atomic mass is 9.80. The van der Waals surface area contributed by atoms with Crippen molar-refractivity contribution < 1.29 is 29.5 Å². The van der Waals surface area contributed by atoms with Crippen LogP contribution in [0.2, 0.25) is 0 Å². The zero-order chi connectivity index (χ0) is 22.6. The summed E-state index contributed by atoms with van der Waals surface area (Å²) >= 11 is 0. The Hall–Kier alpha value is -2.58. The number of methoxy groups -OCH3 is 1. The first kappa shape index (κ1) is 22.6. The second-order valence-corrected chi connectivity index (χ2v) is 7.84. The van der Waals surface area contributed by atoms with Crippen molar-refractivity contribution in [3.8, 4) is 0 Å². The first-order chi connectivity index (χ1) is 15.6. The number of benzene rings is 3. The molecule has 0 aromatic heterocycles. The van der Waals surface area contributed by atoms with Gasteiger partial charge in [0.15, 0.2) is 6.29 Å². The van der Waals surface area contributed by atoms with Crippen molar-refractivity contribution in [1.29, 1.82) is 0 Å². The molecule has 3 N–H and O–H groups in total. The lowest BCUT2D eigenvalue weighted by Gasteiger charge is -2.42. The molecular weight excluding hydrogens is 408 g/mol. The van der Waals surface area contributed by atoms with Crippen LogP contribution in [0.15, 0.2) is 91.0 Å². The first-order valence-corrected chi connectivity index (χ1v) is 10.6. The molecule has 1 fully saturated rings. The SMILES string of the molecule is COC1O[C@H](COC(c2ccccc2)(c2ccccc2)c2ccccc2)[C@@H](O)[C@H](O)[C@@H]1O. The highest BCUT2D eigenvalue weighted by molar-refractivity contribution is 5.47. The maximum absolute atomic E-state index is 10.6. The second-order valence-electron chi connectivity index (χ2n) is 7.84. The Labute approximate surface area is 187 Å². The summed E-state index contributed by atoms with van der Waals surface area (Å²) in [6, 6.07) is 29.5. The molecule has 3 aromatic carbocycles. The van der Waals surface area contributed by atoms with Crippen LogP contribution in [0.3, 0.4) is 0 Å². The number of aliphatic hydroxyl groups is 3. The summed E-state index contributed by atoms with van der Waals surface area (Å²) in [7, 11) is 1.37. The van der Waals surface area contributed by atoms with Crippen molar-refractivity contribution in [3.63, 3.8) is 0 Å². The molecule has 168 valence electrons. The fourth-order valence-electron chi connectivity index (χ4n) is 4.22. The smallest absolute Gasteiger partial charge is 0.186 e. The van der Waals surface area contributed by atoms with Gasteiger partial charge in [0.1, 0.15) is 30.0 Å². The normalized spacial score (nSPS) is 26.1. The third-order valence-electron chi connectivity index (χ3n) is 5.91. The van der Waals surface area contributed by atoms with Crippen LogP contribution in [0.4, 0.5) is 0 Å². The van der Waals surface area contributed by atoms with Crippen LogP contribution in [-0.4, -0.2) is 59.7 Å². The van der Waals surface area contributed by atoms with Gasteiger partial charge in [0.25, 0.3) is 0 Å². The van der Waals surface area contributed by atoms with Crippen molar-refractivity contribution in [2.45, 2.75) is 36.3 Å². The van der Waals surface area contributed by atoms with Crippen molar-refractivity contribution >= 4 is 0 Å². The fourth-order valence-corrected chi connectivity index (χ4v) is 4.22. The van der Waals surface area contributed by atoms with Gasteiger partial charge in [-0.3, -0.25) is 0 Å². The molecule has 1 saturated heterocycles. The molecule has 5 atom stereocenters. The molecule has 1 aliphatic rings. The second kappa shape index (κ2) is 9.92. The third-order valence-corrected chi connectivity index (χ3v) is 5.91. The molecule has 0 radical (unpaired) electrons. The van der Waals surface area contributed by atoms with Crippen LogP contribution >= 0.6 is 0 Å². The molecule has 4 rings (SSSR count). The quantitative estimate of drug-likeness (QED) is 0.493. The Balaban J connectivity index is 1.77. The maximum atomic E-state index is 10.6. The molecule has 6 heteroatoms. The van der Waals surface area contributed by atoms with Gasteiger partial charge in [-0.05, 0) is 16.7 Å². The molecule has 0 spiro atoms. The van der Waals surface area contributed by atoms with E-state index in [1.165, 1.54) is 7.11 Å². The van der Waals surface area contributed by atoms with Crippen molar-refractivity contribution in [2.75, 3.05) is 13.7 Å². The van der Waals surface area contributed by atoms with E-state index in [0.717, 1.165) is 16.7 Å². The predicted octanol–water partition coefficient (Wildman–Crippen LogP) is 2.45. The van der Waals surface area contributed by atoms with E-state index < -0.39 is 36.3 Å². The zero-order valence-electron chi connectivity index (χ0n) is 17.8. The predicted molar refractivity (Wildman–Crippen MR) is 119 cm³/mol. The standard InChI is InChI=1S/C26H28O6/c1-30-25-24(29)23(28)22(27)21(32-25)17-31-26(18-11-5-2-6-12-18,19-13-7-3-8-14-19)20-15-9-4-10-16-20/h2-16,21-25,27-29H,17H2,1H3/t21-,22-,23+,24+,25?/m1/s1. The van der Waals surface area contributed by atoms with Crippen LogP contribution in [0.1, 0.15) is 16.7 Å². The minimum absolute atomic E-state index is 0.0521. The average molecular weight is 437 g/mol. The van der Waals surface area contributed by atoms with Crippen molar-refractivity contribution in [2.24, 2.45) is 0 Å². The number of ether oxygens (including phenoxy) is 3. The minimum Gasteiger partial charge on any atom is -0.387 e. The lowest BCUT2D eigenvalue weighted by molar-refractivity contribution is -0.299. The summed E-state index contributed by atoms with van der Waals surface area (Å²) in [6.07, 6.45) is -6.08. The minimum atomic E-state index is -1.41. The first-order valence-electron chi connectivity index (χ1n) is 10.6. The van der Waals surface area contributed by atoms with Gasteiger partial charge in [0.05, 0.1) is 6.61 Å². The molecule has 1 aliphatic heterocycles. The van der Waals surface area contributed by atoms with Gasteiger partial charge in [-0.15, -0.1) is 0 Å². The highest BCUT2D eigenvalue weighted by Gasteiger charge is 2.46. The summed E-state index contributed by atoms with van der Waals surface area (Å²) in [5, 5.41) is 30.9. The number of rotatable bonds is 7. The zero-order valence-corrected chi connectivity index (χ0v) is 17.8. The molecule has 0 amide bonds. The Morgan fingerprint density at radius 2 is 1.12 bits per heavy atom. The summed E-state index contributed by atoms with van der Waals surface area (Å²) in [4.78, 5) is 0. The van der Waals surface area contributed by atoms with E-state index in [1.54, 1.807) is 0 Å². The monoisotopic (exact) mass is 436 g/mol. The number of aliphatic hydroxyl groups excluding tert-OH is 3. The number of hydrogen-bond acceptors (Lipinski definition) is 6. The van der Waals surface area contributed by atoms with E-state index in [1.807, 2.05) is 91.0 Å². The van der Waals surface area contributed by atoms with Crippen LogP contribution < -0.4 is 0 Å². The van der Waals surface area contributed by atoms with E-state index in [4.69, 9.17) is 14.2 Å². The number of hydrogen-bond donors (Lipinski definition) is 3. The van der Waals surface area contributed by atoms with Crippen LogP contribution in [-0.2, 0) is 19.8 Å². The summed E-state index contributed by atoms with van der Waals surface area (Å²) < 4.78 is 17.5. The molecule has 32 heavy (non-hydrogen) atoms. The molecule has 6 nitrogen and oxygen atoms in total. The Morgan fingerprint density at radius 1 is 0.688 bits per heavy atom. The van der Waals surface area contributed by atoms with E-state index in [-0.39, 0.29) is 6.61 Å².